The first-order valence-corrected chi connectivity index (χ1v) is 33.4. The molecule has 10 heteroatoms. The Kier molecular flexibility index (Phi) is 54.6. The Labute approximate surface area is 454 Å². The minimum absolute atomic E-state index is 0.0288. The molecule has 0 N–H and O–H groups in total. The van der Waals surface area contributed by atoms with E-state index in [0.29, 0.717) is 17.4 Å². The lowest BCUT2D eigenvalue weighted by Gasteiger charge is -2.28. The number of nitrogens with zero attached hydrogens (tertiary/aromatic N) is 1. The summed E-state index contributed by atoms with van der Waals surface area (Å²) in [6, 6.07) is 0. The van der Waals surface area contributed by atoms with Gasteiger partial charge in [-0.25, -0.2) is 0 Å². The number of allylic oxidation sites excluding steroid dienone is 2. The fraction of sp³-hybridized carbons (Fsp3) is 0.937. The highest BCUT2D eigenvalue weighted by atomic mass is 31.2. The molecule has 0 spiro atoms. The lowest BCUT2D eigenvalue weighted by Crippen LogP contribution is -2.37. The van der Waals surface area contributed by atoms with Gasteiger partial charge in [-0.2, -0.15) is 0 Å². The van der Waals surface area contributed by atoms with Crippen molar-refractivity contribution in [3.8, 4) is 0 Å². The Morgan fingerprint density at radius 1 is 0.411 bits per heavy atom. The molecule has 0 amide bonds. The number of quaternary nitrogens is 1. The van der Waals surface area contributed by atoms with Gasteiger partial charge in [-0.3, -0.25) is 14.2 Å². The standard InChI is InChI=1S/C63H124NO8P/c1-6-8-10-12-14-16-18-20-22-24-25-26-27-28-29-30-31-32-33-34-35-36-37-38-39-40-42-43-45-47-49-51-53-55-62(65)69-59-61(60-71-73(67,68)70-58-57-64(3,4)5)72-63(66)56-54-52-50-48-46-44-41-23-21-19-17-15-13-11-9-7-2/h23,41,61H,6-22,24-40,42-60H2,1-5H3/b41-23-. The first-order chi connectivity index (χ1) is 35.5. The molecule has 0 saturated heterocycles. The maximum Gasteiger partial charge on any atom is 0.306 e. The number of likely N-dealkylation sites (N-methyl/N-ethyl adjacent to an activating group) is 1. The molecule has 2 atom stereocenters. The summed E-state index contributed by atoms with van der Waals surface area (Å²) in [5.74, 6) is -0.824. The zero-order valence-corrected chi connectivity index (χ0v) is 50.3. The largest absolute Gasteiger partial charge is 0.756 e. The third-order valence-electron chi connectivity index (χ3n) is 14.5. The van der Waals surface area contributed by atoms with E-state index in [-0.39, 0.29) is 32.0 Å². The second-order valence-electron chi connectivity index (χ2n) is 23.1. The van der Waals surface area contributed by atoms with Crippen LogP contribution in [0.25, 0.3) is 0 Å². The van der Waals surface area contributed by atoms with Crippen LogP contribution in [0.3, 0.4) is 0 Å². The average Bonchev–Trinajstić information content (AvgIpc) is 3.35. The highest BCUT2D eigenvalue weighted by Gasteiger charge is 2.22. The van der Waals surface area contributed by atoms with Crippen LogP contribution in [0.5, 0.6) is 0 Å². The third-order valence-corrected chi connectivity index (χ3v) is 15.5. The van der Waals surface area contributed by atoms with Gasteiger partial charge in [0.05, 0.1) is 27.7 Å². The highest BCUT2D eigenvalue weighted by molar-refractivity contribution is 7.45. The molecule has 0 heterocycles. The summed E-state index contributed by atoms with van der Waals surface area (Å²) < 4.78 is 34.2. The summed E-state index contributed by atoms with van der Waals surface area (Å²) in [5, 5.41) is 0. The van der Waals surface area contributed by atoms with Gasteiger partial charge in [-0.15, -0.1) is 0 Å². The van der Waals surface area contributed by atoms with Gasteiger partial charge in [0.2, 0.25) is 0 Å². The first-order valence-electron chi connectivity index (χ1n) is 31.9. The van der Waals surface area contributed by atoms with Crippen LogP contribution in [-0.2, 0) is 32.7 Å². The van der Waals surface area contributed by atoms with E-state index in [9.17, 15) is 19.0 Å². The van der Waals surface area contributed by atoms with Crippen molar-refractivity contribution >= 4 is 19.8 Å². The molecule has 434 valence electrons. The van der Waals surface area contributed by atoms with Crippen LogP contribution >= 0.6 is 7.82 Å². The Balaban J connectivity index is 3.94. The molecule has 2 unspecified atom stereocenters. The van der Waals surface area contributed by atoms with Gasteiger partial charge in [0.1, 0.15) is 19.8 Å². The maximum absolute atomic E-state index is 12.8. The number of phosphoric acid groups is 1. The minimum atomic E-state index is -4.63. The summed E-state index contributed by atoms with van der Waals surface area (Å²) >= 11 is 0. The summed E-state index contributed by atoms with van der Waals surface area (Å²) in [6.45, 7) is 4.29. The SMILES string of the molecule is CCCCCCCCC/C=C\CCCCCCCC(=O)OC(COC(=O)CCCCCCCCCCCCCCCCCCCCCCCCCCCCCCCCCCC)COP(=O)([O-])OCC[N+](C)(C)C. The lowest BCUT2D eigenvalue weighted by molar-refractivity contribution is -0.870. The third kappa shape index (κ3) is 59.8. The molecule has 0 aliphatic heterocycles. The Hall–Kier alpha value is -1.25. The van der Waals surface area contributed by atoms with E-state index in [2.05, 4.69) is 26.0 Å². The van der Waals surface area contributed by atoms with Gasteiger partial charge >= 0.3 is 11.9 Å². The van der Waals surface area contributed by atoms with E-state index in [1.165, 1.54) is 244 Å². The van der Waals surface area contributed by atoms with Gasteiger partial charge in [-0.1, -0.05) is 289 Å². The van der Waals surface area contributed by atoms with Crippen molar-refractivity contribution in [3.05, 3.63) is 12.2 Å². The van der Waals surface area contributed by atoms with Crippen LogP contribution < -0.4 is 4.89 Å². The van der Waals surface area contributed by atoms with Gasteiger partial charge in [0, 0.05) is 12.8 Å². The van der Waals surface area contributed by atoms with Crippen LogP contribution in [0.15, 0.2) is 12.2 Å². The molecule has 0 aromatic rings. The normalized spacial score (nSPS) is 13.2. The van der Waals surface area contributed by atoms with Crippen molar-refractivity contribution in [2.45, 2.75) is 335 Å². The maximum atomic E-state index is 12.8. The van der Waals surface area contributed by atoms with Crippen molar-refractivity contribution in [2.24, 2.45) is 0 Å². The van der Waals surface area contributed by atoms with Crippen LogP contribution in [0, 0.1) is 0 Å². The van der Waals surface area contributed by atoms with Gasteiger partial charge < -0.3 is 27.9 Å². The smallest absolute Gasteiger partial charge is 0.306 e. The molecular formula is C63H124NO8P. The number of hydrogen-bond donors (Lipinski definition) is 0. The second kappa shape index (κ2) is 55.5. The fourth-order valence-corrected chi connectivity index (χ4v) is 10.3. The van der Waals surface area contributed by atoms with E-state index in [1.54, 1.807) is 0 Å². The van der Waals surface area contributed by atoms with Crippen molar-refractivity contribution < 1.29 is 42.1 Å². The summed E-state index contributed by atoms with van der Waals surface area (Å²) in [5.41, 5.74) is 0. The Morgan fingerprint density at radius 3 is 1.01 bits per heavy atom. The molecule has 0 aromatic heterocycles. The number of ether oxygens (including phenoxy) is 2. The van der Waals surface area contributed by atoms with Crippen LogP contribution in [0.4, 0.5) is 0 Å². The van der Waals surface area contributed by atoms with Crippen LogP contribution in [0.1, 0.15) is 328 Å². The predicted octanol–water partition coefficient (Wildman–Crippen LogP) is 19.4. The van der Waals surface area contributed by atoms with Crippen molar-refractivity contribution in [1.29, 1.82) is 0 Å². The summed E-state index contributed by atoms with van der Waals surface area (Å²) in [6.07, 6.45) is 65.8. The number of phosphoric ester groups is 1. The van der Waals surface area contributed by atoms with E-state index in [4.69, 9.17) is 18.5 Å². The second-order valence-corrected chi connectivity index (χ2v) is 24.5. The molecule has 0 aromatic carbocycles. The predicted molar refractivity (Wildman–Crippen MR) is 310 cm³/mol. The zero-order chi connectivity index (χ0) is 53.5. The molecule has 0 rings (SSSR count). The quantitative estimate of drug-likeness (QED) is 0.0195. The lowest BCUT2D eigenvalue weighted by atomic mass is 10.0. The number of esters is 2. The first kappa shape index (κ1) is 71.8. The van der Waals surface area contributed by atoms with Gasteiger partial charge in [-0.05, 0) is 38.5 Å². The molecule has 0 bridgehead atoms. The zero-order valence-electron chi connectivity index (χ0n) is 49.4. The number of hydrogen-bond acceptors (Lipinski definition) is 8. The molecule has 0 aliphatic rings. The Morgan fingerprint density at radius 2 is 0.699 bits per heavy atom. The minimum Gasteiger partial charge on any atom is -0.756 e. The molecular weight excluding hydrogens is 930 g/mol. The van der Waals surface area contributed by atoms with E-state index >= 15 is 0 Å². The Bertz CT molecular complexity index is 1240. The fourth-order valence-electron chi connectivity index (χ4n) is 9.60. The molecule has 0 aliphatic carbocycles. The number of carbonyl (C=O) groups excluding carboxylic acids is 2. The average molecular weight is 1050 g/mol. The summed E-state index contributed by atoms with van der Waals surface area (Å²) in [7, 11) is 1.18. The topological polar surface area (TPSA) is 111 Å². The van der Waals surface area contributed by atoms with Crippen molar-refractivity contribution in [2.75, 3.05) is 47.5 Å². The molecule has 9 nitrogen and oxygen atoms in total. The van der Waals surface area contributed by atoms with Crippen molar-refractivity contribution in [3.63, 3.8) is 0 Å². The van der Waals surface area contributed by atoms with Gasteiger partial charge in [0.25, 0.3) is 7.82 Å². The number of rotatable bonds is 60. The molecule has 73 heavy (non-hydrogen) atoms. The van der Waals surface area contributed by atoms with Crippen LogP contribution in [-0.4, -0.2) is 70.0 Å². The monoisotopic (exact) mass is 1050 g/mol. The molecule has 0 fully saturated rings. The van der Waals surface area contributed by atoms with Crippen molar-refractivity contribution in [1.82, 2.24) is 0 Å². The van der Waals surface area contributed by atoms with E-state index in [0.717, 1.165) is 51.4 Å². The number of carbonyl (C=O) groups is 2. The highest BCUT2D eigenvalue weighted by Crippen LogP contribution is 2.38. The van der Waals surface area contributed by atoms with Gasteiger partial charge in [0.15, 0.2) is 6.10 Å². The van der Waals surface area contributed by atoms with Crippen LogP contribution in [0.2, 0.25) is 0 Å². The van der Waals surface area contributed by atoms with E-state index in [1.807, 2.05) is 21.1 Å². The molecule has 0 radical (unpaired) electrons. The van der Waals surface area contributed by atoms with E-state index < -0.39 is 26.5 Å². The number of unbranched alkanes of at least 4 members (excludes halogenated alkanes) is 44. The molecule has 0 saturated carbocycles. The summed E-state index contributed by atoms with van der Waals surface area (Å²) in [4.78, 5) is 37.9.